The van der Waals surface area contributed by atoms with Gasteiger partial charge in [-0.25, -0.2) is 0 Å². The maximum atomic E-state index is 11.8. The molecule has 1 heterocycles. The fourth-order valence-corrected chi connectivity index (χ4v) is 3.00. The third-order valence-corrected chi connectivity index (χ3v) is 3.29. The molecule has 0 aromatic rings. The van der Waals surface area contributed by atoms with Crippen LogP contribution in [0, 0.1) is 0 Å². The van der Waals surface area contributed by atoms with E-state index in [0.717, 1.165) is 12.8 Å². The van der Waals surface area contributed by atoms with E-state index in [9.17, 15) is 9.59 Å². The minimum atomic E-state index is -0.694. The first kappa shape index (κ1) is 16.9. The lowest BCUT2D eigenvalue weighted by molar-refractivity contribution is -0.140. The van der Waals surface area contributed by atoms with E-state index in [0.29, 0.717) is 0 Å². The normalized spacial score (nSPS) is 22.9. The molecule has 1 saturated heterocycles. The van der Waals surface area contributed by atoms with Gasteiger partial charge < -0.3 is 21.1 Å². The van der Waals surface area contributed by atoms with Gasteiger partial charge in [-0.1, -0.05) is 0 Å². The van der Waals surface area contributed by atoms with Crippen LogP contribution in [-0.2, 0) is 9.59 Å². The summed E-state index contributed by atoms with van der Waals surface area (Å²) in [6.07, 6.45) is 0.876. The summed E-state index contributed by atoms with van der Waals surface area (Å²) in [5, 5.41) is 17.8. The van der Waals surface area contributed by atoms with Crippen molar-refractivity contribution in [2.75, 3.05) is 6.54 Å². The monoisotopic (exact) mass is 285 g/mol. The maximum Gasteiger partial charge on any atom is 0.309 e. The number of rotatable bonds is 3. The van der Waals surface area contributed by atoms with E-state index >= 15 is 0 Å². The molecule has 1 rings (SSSR count). The van der Waals surface area contributed by atoms with E-state index in [1.807, 2.05) is 0 Å². The Hall–Kier alpha value is -1.14. The third kappa shape index (κ3) is 5.46. The van der Waals surface area contributed by atoms with Gasteiger partial charge >= 0.3 is 11.8 Å². The Morgan fingerprint density at radius 2 is 1.70 bits per heavy atom. The molecule has 1 fully saturated rings. The van der Waals surface area contributed by atoms with Crippen molar-refractivity contribution >= 4 is 11.8 Å². The van der Waals surface area contributed by atoms with E-state index < -0.39 is 17.9 Å². The van der Waals surface area contributed by atoms with Crippen molar-refractivity contribution in [1.29, 1.82) is 0 Å². The first-order valence-corrected chi connectivity index (χ1v) is 7.07. The third-order valence-electron chi connectivity index (χ3n) is 3.29. The number of nitrogens with one attached hydrogen (secondary N) is 3. The molecule has 0 radical (unpaired) electrons. The Balaban J connectivity index is 2.55. The zero-order valence-corrected chi connectivity index (χ0v) is 13.0. The highest BCUT2D eigenvalue weighted by Crippen LogP contribution is 2.28. The van der Waals surface area contributed by atoms with Gasteiger partial charge in [-0.2, -0.15) is 0 Å². The van der Waals surface area contributed by atoms with Crippen LogP contribution in [0.2, 0.25) is 0 Å². The van der Waals surface area contributed by atoms with Gasteiger partial charge in [0.25, 0.3) is 0 Å². The van der Waals surface area contributed by atoms with Crippen LogP contribution in [0.25, 0.3) is 0 Å². The number of piperidine rings is 1. The van der Waals surface area contributed by atoms with Crippen LogP contribution in [-0.4, -0.2) is 46.7 Å². The van der Waals surface area contributed by atoms with Crippen LogP contribution in [0.5, 0.6) is 0 Å². The highest BCUT2D eigenvalue weighted by molar-refractivity contribution is 6.35. The van der Waals surface area contributed by atoms with E-state index in [1.54, 1.807) is 6.92 Å². The summed E-state index contributed by atoms with van der Waals surface area (Å²) in [5.74, 6) is -1.33. The molecule has 1 aliphatic rings. The lowest BCUT2D eigenvalue weighted by atomic mass is 9.79. The minimum absolute atomic E-state index is 0.0361. The summed E-state index contributed by atoms with van der Waals surface area (Å²) in [7, 11) is 0. The smallest absolute Gasteiger partial charge is 0.309 e. The average Bonchev–Trinajstić information content (AvgIpc) is 2.20. The Kier molecular flexibility index (Phi) is 5.15. The first-order valence-electron chi connectivity index (χ1n) is 7.07. The van der Waals surface area contributed by atoms with Crippen molar-refractivity contribution in [1.82, 2.24) is 16.0 Å². The van der Waals surface area contributed by atoms with Crippen molar-refractivity contribution in [3.05, 3.63) is 0 Å². The predicted octanol–water partition coefficient (Wildman–Crippen LogP) is -0.0912. The van der Waals surface area contributed by atoms with E-state index in [-0.39, 0.29) is 23.7 Å². The number of carbonyl (C=O) groups is 2. The first-order chi connectivity index (χ1) is 9.01. The molecule has 1 unspecified atom stereocenters. The number of aliphatic hydroxyl groups excluding tert-OH is 1. The van der Waals surface area contributed by atoms with Crippen LogP contribution in [0.4, 0.5) is 0 Å². The van der Waals surface area contributed by atoms with Crippen LogP contribution >= 0.6 is 0 Å². The van der Waals surface area contributed by atoms with E-state index in [4.69, 9.17) is 5.11 Å². The van der Waals surface area contributed by atoms with Gasteiger partial charge in [-0.15, -0.1) is 0 Å². The van der Waals surface area contributed by atoms with Crippen molar-refractivity contribution in [3.63, 3.8) is 0 Å². The topological polar surface area (TPSA) is 90.5 Å². The van der Waals surface area contributed by atoms with Gasteiger partial charge in [-0.3, -0.25) is 9.59 Å². The molecule has 4 N–H and O–H groups in total. The van der Waals surface area contributed by atoms with E-state index in [2.05, 4.69) is 43.6 Å². The minimum Gasteiger partial charge on any atom is -0.392 e. The second kappa shape index (κ2) is 6.10. The maximum absolute atomic E-state index is 11.8. The Bertz CT molecular complexity index is 362. The molecule has 0 spiro atoms. The van der Waals surface area contributed by atoms with Gasteiger partial charge in [-0.05, 0) is 47.5 Å². The Labute approximate surface area is 120 Å². The van der Waals surface area contributed by atoms with Gasteiger partial charge in [0, 0.05) is 23.7 Å². The van der Waals surface area contributed by atoms with E-state index in [1.165, 1.54) is 0 Å². The van der Waals surface area contributed by atoms with Crippen molar-refractivity contribution < 1.29 is 14.7 Å². The fraction of sp³-hybridized carbons (Fsp3) is 0.857. The van der Waals surface area contributed by atoms with Crippen LogP contribution in [0.15, 0.2) is 0 Å². The molecule has 0 aromatic carbocycles. The summed E-state index contributed by atoms with van der Waals surface area (Å²) in [5.41, 5.74) is -0.175. The van der Waals surface area contributed by atoms with Crippen molar-refractivity contribution in [2.24, 2.45) is 0 Å². The SMILES string of the molecule is CC(O)CNC(=O)C(=O)NC1CC(C)(C)NC(C)(C)C1. The molecular weight excluding hydrogens is 258 g/mol. The standard InChI is InChI=1S/C14H27N3O3/c1-9(18)8-15-11(19)12(20)16-10-6-13(2,3)17-14(4,5)7-10/h9-10,17-18H,6-8H2,1-5H3,(H,15,19)(H,16,20). The number of hydrogen-bond acceptors (Lipinski definition) is 4. The van der Waals surface area contributed by atoms with Gasteiger partial charge in [0.1, 0.15) is 0 Å². The molecular formula is C14H27N3O3. The number of aliphatic hydroxyl groups is 1. The van der Waals surface area contributed by atoms with Crippen LogP contribution in [0.3, 0.4) is 0 Å². The van der Waals surface area contributed by atoms with Gasteiger partial charge in [0.2, 0.25) is 0 Å². The molecule has 116 valence electrons. The number of hydrogen-bond donors (Lipinski definition) is 4. The van der Waals surface area contributed by atoms with Crippen LogP contribution < -0.4 is 16.0 Å². The molecule has 6 heteroatoms. The average molecular weight is 285 g/mol. The largest absolute Gasteiger partial charge is 0.392 e. The van der Waals surface area contributed by atoms with Crippen LogP contribution in [0.1, 0.15) is 47.5 Å². The number of carbonyl (C=O) groups excluding carboxylic acids is 2. The lowest BCUT2D eigenvalue weighted by Crippen LogP contribution is -2.62. The molecule has 1 atom stereocenters. The van der Waals surface area contributed by atoms with Crippen molar-refractivity contribution in [3.8, 4) is 0 Å². The zero-order valence-electron chi connectivity index (χ0n) is 13.0. The predicted molar refractivity (Wildman–Crippen MR) is 77.1 cm³/mol. The lowest BCUT2D eigenvalue weighted by Gasteiger charge is -2.46. The summed E-state index contributed by atoms with van der Waals surface area (Å²) >= 11 is 0. The van der Waals surface area contributed by atoms with Gasteiger partial charge in [0.15, 0.2) is 0 Å². The highest BCUT2D eigenvalue weighted by Gasteiger charge is 2.38. The zero-order chi connectivity index (χ0) is 15.6. The Morgan fingerprint density at radius 1 is 1.20 bits per heavy atom. The molecule has 0 saturated carbocycles. The second-order valence-electron chi connectivity index (χ2n) is 7.03. The molecule has 0 bridgehead atoms. The number of amides is 2. The highest BCUT2D eigenvalue weighted by atomic mass is 16.3. The summed E-state index contributed by atoms with van der Waals surface area (Å²) < 4.78 is 0. The second-order valence-corrected chi connectivity index (χ2v) is 7.03. The molecule has 6 nitrogen and oxygen atoms in total. The summed E-state index contributed by atoms with van der Waals surface area (Å²) in [6.45, 7) is 9.97. The quantitative estimate of drug-likeness (QED) is 0.546. The fourth-order valence-electron chi connectivity index (χ4n) is 3.00. The molecule has 1 aliphatic heterocycles. The van der Waals surface area contributed by atoms with Crippen molar-refractivity contribution in [2.45, 2.75) is 70.7 Å². The molecule has 20 heavy (non-hydrogen) atoms. The molecule has 0 aromatic heterocycles. The summed E-state index contributed by atoms with van der Waals surface area (Å²) in [6, 6.07) is -0.0361. The molecule has 2 amide bonds. The Morgan fingerprint density at radius 3 is 2.15 bits per heavy atom. The summed E-state index contributed by atoms with van der Waals surface area (Å²) in [4.78, 5) is 23.4. The van der Waals surface area contributed by atoms with Gasteiger partial charge in [0.05, 0.1) is 6.10 Å². The molecule has 0 aliphatic carbocycles.